The van der Waals surface area contributed by atoms with Crippen molar-refractivity contribution >= 4 is 17.7 Å². The molecule has 1 amide bonds. The zero-order valence-electron chi connectivity index (χ0n) is 11.2. The van der Waals surface area contributed by atoms with Gasteiger partial charge in [-0.15, -0.1) is 11.6 Å². The molecule has 3 unspecified atom stereocenters. The fourth-order valence-corrected chi connectivity index (χ4v) is 3.36. The molecule has 2 saturated carbocycles. The molecule has 0 bridgehead atoms. The summed E-state index contributed by atoms with van der Waals surface area (Å²) in [6.07, 6.45) is -3.05. The summed E-state index contributed by atoms with van der Waals surface area (Å²) in [5.41, 5.74) is -2.73. The molecule has 2 aliphatic carbocycles. The van der Waals surface area contributed by atoms with E-state index in [1.54, 1.807) is 0 Å². The Bertz CT molecular complexity index is 509. The molecule has 0 aromatic heterocycles. The first-order chi connectivity index (χ1) is 9.82. The molecule has 3 nitrogen and oxygen atoms in total. The topological polar surface area (TPSA) is 38.3 Å². The van der Waals surface area contributed by atoms with E-state index in [0.717, 1.165) is 12.8 Å². The van der Waals surface area contributed by atoms with Crippen LogP contribution in [0.25, 0.3) is 0 Å². The Hall–Kier alpha value is -1.09. The predicted octanol–water partition coefficient (Wildman–Crippen LogP) is 3.22. The number of hydrogen-bond acceptors (Lipinski definition) is 2. The van der Waals surface area contributed by atoms with Crippen LogP contribution in [0, 0.1) is 23.7 Å². The van der Waals surface area contributed by atoms with Crippen LogP contribution in [-0.4, -0.2) is 29.3 Å². The molecule has 1 heterocycles. The third-order valence-corrected chi connectivity index (χ3v) is 4.72. The molecule has 0 radical (unpaired) electrons. The third kappa shape index (κ3) is 2.68. The van der Waals surface area contributed by atoms with Crippen molar-refractivity contribution in [2.45, 2.75) is 55.3 Å². The lowest BCUT2D eigenvalue weighted by Gasteiger charge is -2.47. The molecule has 1 N–H and O–H groups in total. The normalized spacial score (nSPS) is 39.4. The van der Waals surface area contributed by atoms with Crippen LogP contribution in [0.15, 0.2) is 0 Å². The number of fused-ring (bicyclic) bond motifs is 1. The van der Waals surface area contributed by atoms with Gasteiger partial charge in [0.05, 0.1) is 0 Å². The second-order valence-electron chi connectivity index (χ2n) is 5.93. The highest BCUT2D eigenvalue weighted by Crippen LogP contribution is 2.48. The Balaban J connectivity index is 2.01. The molecular formula is C14H15ClF3NO2. The van der Waals surface area contributed by atoms with Gasteiger partial charge in [0, 0.05) is 23.3 Å². The van der Waals surface area contributed by atoms with Crippen LogP contribution in [0.3, 0.4) is 0 Å². The molecule has 0 spiro atoms. The first-order valence-corrected chi connectivity index (χ1v) is 7.48. The minimum atomic E-state index is -4.73. The second-order valence-corrected chi connectivity index (χ2v) is 6.55. The summed E-state index contributed by atoms with van der Waals surface area (Å²) < 4.78 is 45.8. The summed E-state index contributed by atoms with van der Waals surface area (Å²) in [4.78, 5) is 11.6. The largest absolute Gasteiger partial charge is 0.440 e. The maximum Gasteiger partial charge on any atom is 0.440 e. The SMILES string of the molecule is O=C1NC2CCC(Cl)CC2[C@@](C#CC2CC2)(C(F)(F)F)O1. The molecule has 7 heteroatoms. The van der Waals surface area contributed by atoms with Crippen molar-refractivity contribution in [2.24, 2.45) is 11.8 Å². The van der Waals surface area contributed by atoms with Crippen LogP contribution in [-0.2, 0) is 4.74 Å². The van der Waals surface area contributed by atoms with E-state index in [1.807, 2.05) is 0 Å². The van der Waals surface area contributed by atoms with Crippen LogP contribution in [0.4, 0.5) is 18.0 Å². The van der Waals surface area contributed by atoms with Crippen molar-refractivity contribution in [2.75, 3.05) is 0 Å². The molecule has 0 aromatic rings. The number of alkyl halides is 4. The minimum Gasteiger partial charge on any atom is -0.419 e. The highest BCUT2D eigenvalue weighted by Gasteiger charge is 2.67. The summed E-state index contributed by atoms with van der Waals surface area (Å²) in [6.45, 7) is 0. The van der Waals surface area contributed by atoms with E-state index in [4.69, 9.17) is 16.3 Å². The van der Waals surface area contributed by atoms with E-state index in [0.29, 0.717) is 12.8 Å². The smallest absolute Gasteiger partial charge is 0.419 e. The maximum atomic E-state index is 13.7. The second kappa shape index (κ2) is 4.98. The molecule has 4 atom stereocenters. The zero-order valence-corrected chi connectivity index (χ0v) is 11.9. The van der Waals surface area contributed by atoms with Gasteiger partial charge in [-0.3, -0.25) is 0 Å². The number of ether oxygens (including phenoxy) is 1. The zero-order chi connectivity index (χ0) is 15.3. The van der Waals surface area contributed by atoms with Crippen molar-refractivity contribution in [1.82, 2.24) is 5.32 Å². The van der Waals surface area contributed by atoms with Crippen LogP contribution in [0.2, 0.25) is 0 Å². The number of cyclic esters (lactones) is 1. The van der Waals surface area contributed by atoms with E-state index in [9.17, 15) is 18.0 Å². The van der Waals surface area contributed by atoms with Crippen LogP contribution in [0.5, 0.6) is 0 Å². The van der Waals surface area contributed by atoms with Gasteiger partial charge in [0.25, 0.3) is 5.60 Å². The van der Waals surface area contributed by atoms with E-state index in [1.165, 1.54) is 0 Å². The molecule has 3 aliphatic rings. The van der Waals surface area contributed by atoms with E-state index in [-0.39, 0.29) is 17.7 Å². The molecular weight excluding hydrogens is 307 g/mol. The van der Waals surface area contributed by atoms with Crippen molar-refractivity contribution in [1.29, 1.82) is 0 Å². The third-order valence-electron chi connectivity index (χ3n) is 4.33. The number of rotatable bonds is 0. The van der Waals surface area contributed by atoms with Gasteiger partial charge < -0.3 is 10.1 Å². The fraction of sp³-hybridized carbons (Fsp3) is 0.786. The number of alkyl carbamates (subject to hydrolysis) is 1. The van der Waals surface area contributed by atoms with E-state index >= 15 is 0 Å². The van der Waals surface area contributed by atoms with Gasteiger partial charge in [-0.25, -0.2) is 4.79 Å². The lowest BCUT2D eigenvalue weighted by atomic mass is 9.72. The van der Waals surface area contributed by atoms with Crippen molar-refractivity contribution < 1.29 is 22.7 Å². The molecule has 3 rings (SSSR count). The van der Waals surface area contributed by atoms with Gasteiger partial charge in [-0.2, -0.15) is 13.2 Å². The lowest BCUT2D eigenvalue weighted by molar-refractivity contribution is -0.265. The van der Waals surface area contributed by atoms with Gasteiger partial charge in [0.15, 0.2) is 0 Å². The highest BCUT2D eigenvalue weighted by atomic mass is 35.5. The lowest BCUT2D eigenvalue weighted by Crippen LogP contribution is -2.66. The van der Waals surface area contributed by atoms with Crippen LogP contribution in [0.1, 0.15) is 32.1 Å². The number of hydrogen-bond donors (Lipinski definition) is 1. The quantitative estimate of drug-likeness (QED) is 0.549. The highest BCUT2D eigenvalue weighted by molar-refractivity contribution is 6.20. The summed E-state index contributed by atoms with van der Waals surface area (Å²) in [7, 11) is 0. The Morgan fingerprint density at radius 3 is 2.62 bits per heavy atom. The first kappa shape index (κ1) is 14.8. The molecule has 116 valence electrons. The Labute approximate surface area is 125 Å². The van der Waals surface area contributed by atoms with Crippen molar-refractivity contribution in [3.8, 4) is 11.8 Å². The summed E-state index contributed by atoms with van der Waals surface area (Å²) >= 11 is 6.04. The van der Waals surface area contributed by atoms with Crippen molar-refractivity contribution in [3.63, 3.8) is 0 Å². The first-order valence-electron chi connectivity index (χ1n) is 7.05. The average molecular weight is 322 g/mol. The monoisotopic (exact) mass is 321 g/mol. The van der Waals surface area contributed by atoms with Gasteiger partial charge in [0.1, 0.15) is 0 Å². The fourth-order valence-electron chi connectivity index (χ4n) is 3.04. The van der Waals surface area contributed by atoms with Gasteiger partial charge in [-0.1, -0.05) is 5.92 Å². The standard InChI is InChI=1S/C14H15ClF3NO2/c15-9-3-4-11-10(7-9)13(14(16,17)18,21-12(20)19-11)6-5-8-1-2-8/h8-11H,1-4,7H2,(H,19,20)/t9?,10?,11?,13-/m0/s1. The maximum absolute atomic E-state index is 13.7. The van der Waals surface area contributed by atoms with E-state index < -0.39 is 29.8 Å². The van der Waals surface area contributed by atoms with Crippen LogP contribution >= 0.6 is 11.6 Å². The molecule has 21 heavy (non-hydrogen) atoms. The molecule has 3 fully saturated rings. The summed E-state index contributed by atoms with van der Waals surface area (Å²) in [5, 5.41) is 2.13. The number of carbonyl (C=O) groups is 1. The molecule has 0 aromatic carbocycles. The molecule has 1 saturated heterocycles. The van der Waals surface area contributed by atoms with Crippen LogP contribution < -0.4 is 5.32 Å². The van der Waals surface area contributed by atoms with Gasteiger partial charge in [-0.05, 0) is 38.0 Å². The Kier molecular flexibility index (Phi) is 3.52. The summed E-state index contributed by atoms with van der Waals surface area (Å²) in [6, 6.07) is -0.587. The minimum absolute atomic E-state index is 0.00773. The van der Waals surface area contributed by atoms with Crippen molar-refractivity contribution in [3.05, 3.63) is 0 Å². The van der Waals surface area contributed by atoms with Gasteiger partial charge >= 0.3 is 12.3 Å². The Morgan fingerprint density at radius 2 is 2.00 bits per heavy atom. The number of amides is 1. The predicted molar refractivity (Wildman–Crippen MR) is 69.7 cm³/mol. The molecule has 1 aliphatic heterocycles. The van der Waals surface area contributed by atoms with E-state index in [2.05, 4.69) is 17.2 Å². The number of carbonyl (C=O) groups excluding carboxylic acids is 1. The Morgan fingerprint density at radius 1 is 1.29 bits per heavy atom. The summed E-state index contributed by atoms with van der Waals surface area (Å²) in [5.74, 6) is 3.93. The number of halogens is 4. The average Bonchev–Trinajstić information content (AvgIpc) is 3.19. The van der Waals surface area contributed by atoms with Gasteiger partial charge in [0.2, 0.25) is 0 Å². The number of nitrogens with one attached hydrogen (secondary N) is 1.